The summed E-state index contributed by atoms with van der Waals surface area (Å²) in [5.41, 5.74) is 1.84. The molecule has 0 atom stereocenters. The summed E-state index contributed by atoms with van der Waals surface area (Å²) in [4.78, 5) is -0.281. The number of benzene rings is 4. The summed E-state index contributed by atoms with van der Waals surface area (Å²) in [7, 11) is -2.91. The predicted molar refractivity (Wildman–Crippen MR) is 129 cm³/mol. The van der Waals surface area contributed by atoms with E-state index >= 15 is 0 Å². The largest absolute Gasteiger partial charge is 0.508 e. The molecule has 0 aliphatic rings. The summed E-state index contributed by atoms with van der Waals surface area (Å²) in [6.45, 7) is 0. The zero-order valence-electron chi connectivity index (χ0n) is 18.3. The summed E-state index contributed by atoms with van der Waals surface area (Å²) >= 11 is 0. The first-order valence-electron chi connectivity index (χ1n) is 9.65. The molecular formula is C23H18N4NaO5S. The number of phenolic OH excluding ortho intramolecular Hbond substituents is 1. The summed E-state index contributed by atoms with van der Waals surface area (Å²) in [5, 5.41) is 27.3. The molecule has 0 aliphatic heterocycles. The van der Waals surface area contributed by atoms with E-state index in [4.69, 9.17) is 4.74 Å². The number of rotatable bonds is 6. The van der Waals surface area contributed by atoms with Gasteiger partial charge in [-0.05, 0) is 60.7 Å². The van der Waals surface area contributed by atoms with E-state index in [-0.39, 0.29) is 40.2 Å². The Morgan fingerprint density at radius 2 is 1.35 bits per heavy atom. The second-order valence-corrected chi connectivity index (χ2v) is 8.30. The molecule has 4 rings (SSSR count). The van der Waals surface area contributed by atoms with Crippen LogP contribution >= 0.6 is 0 Å². The van der Waals surface area contributed by atoms with Crippen LogP contribution in [0.5, 0.6) is 11.5 Å². The van der Waals surface area contributed by atoms with Crippen LogP contribution in [0.15, 0.2) is 104 Å². The second kappa shape index (κ2) is 10.9. The molecule has 1 radical (unpaired) electrons. The number of para-hydroxylation sites is 1. The maximum Gasteiger partial charge on any atom is 0.294 e. The summed E-state index contributed by atoms with van der Waals surface area (Å²) in [5.74, 6) is 0.644. The molecule has 0 bridgehead atoms. The Kier molecular flexibility index (Phi) is 8.13. The summed E-state index contributed by atoms with van der Waals surface area (Å²) < 4.78 is 38.2. The van der Waals surface area contributed by atoms with Gasteiger partial charge in [0.2, 0.25) is 0 Å². The van der Waals surface area contributed by atoms with Crippen LogP contribution in [-0.2, 0) is 10.1 Å². The van der Waals surface area contributed by atoms with Crippen molar-refractivity contribution < 1.29 is 22.8 Å². The van der Waals surface area contributed by atoms with Gasteiger partial charge in [-0.1, -0.05) is 18.2 Å². The Morgan fingerprint density at radius 3 is 2.03 bits per heavy atom. The quantitative estimate of drug-likeness (QED) is 0.189. The van der Waals surface area contributed by atoms with Crippen LogP contribution in [0.1, 0.15) is 0 Å². The normalized spacial score (nSPS) is 11.7. The minimum absolute atomic E-state index is 0. The number of hydrogen-bond donors (Lipinski definition) is 2. The Morgan fingerprint density at radius 1 is 0.735 bits per heavy atom. The van der Waals surface area contributed by atoms with Gasteiger partial charge in [-0.15, -0.1) is 15.3 Å². The van der Waals surface area contributed by atoms with Crippen LogP contribution in [0.3, 0.4) is 0 Å². The number of phenols is 1. The Labute approximate surface area is 217 Å². The van der Waals surface area contributed by atoms with Crippen LogP contribution in [0.4, 0.5) is 22.7 Å². The molecule has 0 fully saturated rings. The van der Waals surface area contributed by atoms with Crippen molar-refractivity contribution in [2.45, 2.75) is 4.90 Å². The third-order valence-corrected chi connectivity index (χ3v) is 5.56. The molecule has 0 spiro atoms. The summed E-state index contributed by atoms with van der Waals surface area (Å²) in [6.07, 6.45) is 0. The SMILES string of the molecule is COc1ccccc1N=Nc1ccc(N=Nc2ccc(O)cc2)c2ccc(S(=O)(=O)O)cc12.[Na]. The zero-order chi connectivity index (χ0) is 23.4. The number of aromatic hydroxyl groups is 1. The number of nitrogens with zero attached hydrogens (tertiary/aromatic N) is 4. The van der Waals surface area contributed by atoms with Crippen molar-refractivity contribution in [2.75, 3.05) is 7.11 Å². The fourth-order valence-electron chi connectivity index (χ4n) is 3.08. The van der Waals surface area contributed by atoms with Gasteiger partial charge in [-0.25, -0.2) is 0 Å². The zero-order valence-corrected chi connectivity index (χ0v) is 21.1. The molecule has 4 aromatic carbocycles. The van der Waals surface area contributed by atoms with E-state index in [1.807, 2.05) is 0 Å². The molecule has 0 saturated heterocycles. The van der Waals surface area contributed by atoms with Gasteiger partial charge in [-0.3, -0.25) is 4.55 Å². The molecule has 167 valence electrons. The van der Waals surface area contributed by atoms with Crippen LogP contribution in [0.2, 0.25) is 0 Å². The molecule has 0 amide bonds. The number of hydrogen-bond acceptors (Lipinski definition) is 8. The molecule has 0 saturated carbocycles. The van der Waals surface area contributed by atoms with Crippen molar-refractivity contribution in [3.05, 3.63) is 78.9 Å². The third-order valence-electron chi connectivity index (χ3n) is 4.71. The van der Waals surface area contributed by atoms with Gasteiger partial charge in [0.05, 0.1) is 29.1 Å². The van der Waals surface area contributed by atoms with Crippen LogP contribution in [0, 0.1) is 0 Å². The number of azo groups is 2. The molecule has 0 heterocycles. The minimum Gasteiger partial charge on any atom is -0.508 e. The maximum atomic E-state index is 11.7. The fourth-order valence-corrected chi connectivity index (χ4v) is 3.59. The second-order valence-electron chi connectivity index (χ2n) is 6.87. The number of methoxy groups -OCH3 is 1. The first-order chi connectivity index (χ1) is 15.8. The van der Waals surface area contributed by atoms with E-state index in [9.17, 15) is 18.1 Å². The Hall–Kier alpha value is -3.15. The molecule has 11 heteroatoms. The van der Waals surface area contributed by atoms with E-state index in [1.54, 1.807) is 48.5 Å². The van der Waals surface area contributed by atoms with Crippen molar-refractivity contribution in [3.8, 4) is 11.5 Å². The summed E-state index contributed by atoms with van der Waals surface area (Å²) in [6, 6.07) is 20.7. The maximum absolute atomic E-state index is 11.7. The smallest absolute Gasteiger partial charge is 0.294 e. The van der Waals surface area contributed by atoms with Gasteiger partial charge in [0, 0.05) is 40.3 Å². The minimum atomic E-state index is -4.43. The Balaban J connectivity index is 0.00000324. The van der Waals surface area contributed by atoms with Gasteiger partial charge < -0.3 is 9.84 Å². The first kappa shape index (κ1) is 25.5. The van der Waals surface area contributed by atoms with Crippen molar-refractivity contribution in [3.63, 3.8) is 0 Å². The Bertz CT molecular complexity index is 1490. The average Bonchev–Trinajstić information content (AvgIpc) is 2.82. The molecule has 4 aromatic rings. The molecular weight excluding hydrogens is 467 g/mol. The van der Waals surface area contributed by atoms with Crippen molar-refractivity contribution >= 4 is 73.2 Å². The molecule has 0 aromatic heterocycles. The van der Waals surface area contributed by atoms with Crippen molar-refractivity contribution in [2.24, 2.45) is 20.5 Å². The molecule has 34 heavy (non-hydrogen) atoms. The van der Waals surface area contributed by atoms with Gasteiger partial charge in [-0.2, -0.15) is 13.5 Å². The average molecular weight is 485 g/mol. The van der Waals surface area contributed by atoms with Crippen LogP contribution in [-0.4, -0.2) is 54.7 Å². The van der Waals surface area contributed by atoms with E-state index in [0.29, 0.717) is 39.3 Å². The van der Waals surface area contributed by atoms with Gasteiger partial charge in [0.1, 0.15) is 17.2 Å². The monoisotopic (exact) mass is 485 g/mol. The molecule has 2 N–H and O–H groups in total. The first-order valence-corrected chi connectivity index (χ1v) is 11.1. The van der Waals surface area contributed by atoms with E-state index < -0.39 is 10.1 Å². The molecule has 0 aliphatic carbocycles. The van der Waals surface area contributed by atoms with Gasteiger partial charge in [0.25, 0.3) is 10.1 Å². The van der Waals surface area contributed by atoms with Crippen molar-refractivity contribution in [1.29, 1.82) is 0 Å². The van der Waals surface area contributed by atoms with E-state index in [2.05, 4.69) is 20.5 Å². The number of fused-ring (bicyclic) bond motifs is 1. The third kappa shape index (κ3) is 5.85. The molecule has 9 nitrogen and oxygen atoms in total. The van der Waals surface area contributed by atoms with Gasteiger partial charge in [0.15, 0.2) is 0 Å². The number of ether oxygens (including phenoxy) is 1. The van der Waals surface area contributed by atoms with Crippen LogP contribution < -0.4 is 4.74 Å². The van der Waals surface area contributed by atoms with Crippen molar-refractivity contribution in [1.82, 2.24) is 0 Å². The van der Waals surface area contributed by atoms with E-state index in [1.165, 1.54) is 37.4 Å². The van der Waals surface area contributed by atoms with E-state index in [0.717, 1.165) is 0 Å². The molecule has 0 unspecified atom stereocenters. The predicted octanol–water partition coefficient (Wildman–Crippen LogP) is 6.25. The fraction of sp³-hybridized carbons (Fsp3) is 0.0435. The topological polar surface area (TPSA) is 133 Å². The van der Waals surface area contributed by atoms with Gasteiger partial charge >= 0.3 is 0 Å². The standard InChI is InChI=1S/C23H18N4O5S.Na/c1-32-23-5-3-2-4-22(23)27-26-21-13-12-20(25-24-15-6-8-16(28)9-7-15)18-11-10-17(14-19(18)21)33(29,30)31;/h2-14,28H,1H3,(H,29,30,31);. The van der Waals surface area contributed by atoms with Crippen LogP contribution in [0.25, 0.3) is 10.8 Å².